The summed E-state index contributed by atoms with van der Waals surface area (Å²) >= 11 is 0. The summed E-state index contributed by atoms with van der Waals surface area (Å²) in [6.07, 6.45) is 3.86. The van der Waals surface area contributed by atoms with Crippen LogP contribution in [0.3, 0.4) is 0 Å². The van der Waals surface area contributed by atoms with Crippen molar-refractivity contribution in [3.63, 3.8) is 0 Å². The zero-order valence-electron chi connectivity index (χ0n) is 20.7. The van der Waals surface area contributed by atoms with Gasteiger partial charge in [0.25, 0.3) is 0 Å². The lowest BCUT2D eigenvalue weighted by atomic mass is 9.66. The van der Waals surface area contributed by atoms with Crippen LogP contribution in [-0.4, -0.2) is 11.6 Å². The first-order valence-corrected chi connectivity index (χ1v) is 12.1. The van der Waals surface area contributed by atoms with E-state index in [1.165, 1.54) is 0 Å². The Kier molecular flexibility index (Phi) is 5.59. The SMILES string of the molecule is CC1(C)C=C(C(=O)c2c(-c3ccccc3)oc3ccc(C(=O)c4ccccc4)cc23)CC(C)(C)C1. The normalized spacial score (nSPS) is 16.6. The molecule has 5 rings (SSSR count). The molecule has 0 saturated carbocycles. The van der Waals surface area contributed by atoms with Crippen LogP contribution in [0.25, 0.3) is 22.3 Å². The van der Waals surface area contributed by atoms with Gasteiger partial charge in [-0.05, 0) is 47.4 Å². The van der Waals surface area contributed by atoms with Gasteiger partial charge in [0, 0.05) is 22.1 Å². The van der Waals surface area contributed by atoms with Gasteiger partial charge in [-0.15, -0.1) is 0 Å². The number of carbonyl (C=O) groups is 2. The second-order valence-corrected chi connectivity index (χ2v) is 11.1. The van der Waals surface area contributed by atoms with Crippen molar-refractivity contribution in [2.45, 2.75) is 40.5 Å². The molecule has 0 saturated heterocycles. The Morgan fingerprint density at radius 2 is 1.43 bits per heavy atom. The predicted molar refractivity (Wildman–Crippen MR) is 141 cm³/mol. The quantitative estimate of drug-likeness (QED) is 0.280. The first kappa shape index (κ1) is 23.0. The Morgan fingerprint density at radius 3 is 2.09 bits per heavy atom. The second-order valence-electron chi connectivity index (χ2n) is 11.1. The van der Waals surface area contributed by atoms with Gasteiger partial charge in [-0.1, -0.05) is 94.4 Å². The predicted octanol–water partition coefficient (Wildman–Crippen LogP) is 8.29. The van der Waals surface area contributed by atoms with Gasteiger partial charge >= 0.3 is 0 Å². The molecule has 0 fully saturated rings. The highest BCUT2D eigenvalue weighted by molar-refractivity contribution is 6.21. The molecule has 3 nitrogen and oxygen atoms in total. The number of ketones is 2. The summed E-state index contributed by atoms with van der Waals surface area (Å²) in [7, 11) is 0. The smallest absolute Gasteiger partial charge is 0.193 e. The van der Waals surface area contributed by atoms with Crippen molar-refractivity contribution in [3.05, 3.63) is 107 Å². The molecule has 0 bridgehead atoms. The Morgan fingerprint density at radius 1 is 0.771 bits per heavy atom. The number of furan rings is 1. The molecular weight excluding hydrogens is 432 g/mol. The van der Waals surface area contributed by atoms with E-state index < -0.39 is 0 Å². The molecule has 0 spiro atoms. The summed E-state index contributed by atoms with van der Waals surface area (Å²) in [5.74, 6) is 0.456. The van der Waals surface area contributed by atoms with E-state index >= 15 is 0 Å². The van der Waals surface area contributed by atoms with Crippen molar-refractivity contribution >= 4 is 22.5 Å². The van der Waals surface area contributed by atoms with Gasteiger partial charge in [0.05, 0.1) is 5.56 Å². The zero-order chi connectivity index (χ0) is 24.8. The molecule has 0 atom stereocenters. The summed E-state index contributed by atoms with van der Waals surface area (Å²) in [5.41, 5.74) is 3.89. The number of fused-ring (bicyclic) bond motifs is 1. The van der Waals surface area contributed by atoms with E-state index in [1.807, 2.05) is 54.6 Å². The molecule has 176 valence electrons. The van der Waals surface area contributed by atoms with E-state index in [9.17, 15) is 9.59 Å². The maximum absolute atomic E-state index is 14.2. The molecule has 1 aliphatic rings. The van der Waals surface area contributed by atoms with Crippen molar-refractivity contribution in [2.24, 2.45) is 10.8 Å². The largest absolute Gasteiger partial charge is 0.455 e. The number of hydrogen-bond donors (Lipinski definition) is 0. The minimum Gasteiger partial charge on any atom is -0.455 e. The Hall–Kier alpha value is -3.72. The fourth-order valence-electron chi connectivity index (χ4n) is 5.70. The number of carbonyl (C=O) groups excluding carboxylic acids is 2. The molecule has 0 amide bonds. The number of benzene rings is 3. The molecule has 0 N–H and O–H groups in total. The van der Waals surface area contributed by atoms with Gasteiger partial charge < -0.3 is 4.42 Å². The van der Waals surface area contributed by atoms with Crippen LogP contribution in [0.4, 0.5) is 0 Å². The van der Waals surface area contributed by atoms with Crippen molar-refractivity contribution in [3.8, 4) is 11.3 Å². The lowest BCUT2D eigenvalue weighted by Gasteiger charge is -2.39. The second kappa shape index (κ2) is 8.49. The van der Waals surface area contributed by atoms with Crippen LogP contribution >= 0.6 is 0 Å². The molecule has 4 aromatic rings. The van der Waals surface area contributed by atoms with Gasteiger partial charge in [0.2, 0.25) is 0 Å². The standard InChI is InChI=1S/C32H30O3/c1-31(2)18-24(19-32(3,4)20-31)29(34)27-25-17-23(28(33)21-11-7-5-8-12-21)15-16-26(25)35-30(27)22-13-9-6-10-14-22/h5-18H,19-20H2,1-4H3. The fraction of sp³-hybridized carbons (Fsp3) is 0.250. The van der Waals surface area contributed by atoms with E-state index in [0.29, 0.717) is 39.8 Å². The minimum absolute atomic E-state index is 0.0180. The van der Waals surface area contributed by atoms with E-state index in [4.69, 9.17) is 4.42 Å². The molecule has 0 aliphatic heterocycles. The molecule has 1 aromatic heterocycles. The van der Waals surface area contributed by atoms with Crippen LogP contribution < -0.4 is 0 Å². The third-order valence-electron chi connectivity index (χ3n) is 6.71. The van der Waals surface area contributed by atoms with Gasteiger partial charge in [0.1, 0.15) is 11.3 Å². The van der Waals surface area contributed by atoms with Crippen LogP contribution in [0.2, 0.25) is 0 Å². The average molecular weight is 463 g/mol. The van der Waals surface area contributed by atoms with E-state index in [-0.39, 0.29) is 22.4 Å². The van der Waals surface area contributed by atoms with Gasteiger partial charge in [-0.3, -0.25) is 9.59 Å². The van der Waals surface area contributed by atoms with E-state index in [2.05, 4.69) is 33.8 Å². The molecular formula is C32H30O3. The molecule has 1 aliphatic carbocycles. The highest BCUT2D eigenvalue weighted by Gasteiger charge is 2.37. The Balaban J connectivity index is 1.70. The molecule has 0 unspecified atom stereocenters. The molecule has 3 heteroatoms. The van der Waals surface area contributed by atoms with E-state index in [1.54, 1.807) is 24.3 Å². The summed E-state index contributed by atoms with van der Waals surface area (Å²) < 4.78 is 6.28. The third-order valence-corrected chi connectivity index (χ3v) is 6.71. The maximum Gasteiger partial charge on any atom is 0.193 e. The minimum atomic E-state index is -0.0764. The van der Waals surface area contributed by atoms with Gasteiger partial charge in [-0.25, -0.2) is 0 Å². The zero-order valence-corrected chi connectivity index (χ0v) is 20.7. The topological polar surface area (TPSA) is 47.3 Å². The summed E-state index contributed by atoms with van der Waals surface area (Å²) in [6.45, 7) is 8.81. The number of rotatable bonds is 5. The van der Waals surface area contributed by atoms with Gasteiger partial charge in [-0.2, -0.15) is 0 Å². The van der Waals surface area contributed by atoms with Crippen LogP contribution in [0.15, 0.2) is 94.9 Å². The van der Waals surface area contributed by atoms with Crippen LogP contribution in [-0.2, 0) is 0 Å². The van der Waals surface area contributed by atoms with Crippen LogP contribution in [0.1, 0.15) is 66.8 Å². The van der Waals surface area contributed by atoms with Gasteiger partial charge in [0.15, 0.2) is 11.6 Å². The number of hydrogen-bond acceptors (Lipinski definition) is 3. The molecule has 35 heavy (non-hydrogen) atoms. The van der Waals surface area contributed by atoms with Crippen LogP contribution in [0, 0.1) is 10.8 Å². The monoisotopic (exact) mass is 462 g/mol. The average Bonchev–Trinajstić information content (AvgIpc) is 3.21. The van der Waals surface area contributed by atoms with Crippen molar-refractivity contribution in [2.75, 3.05) is 0 Å². The lowest BCUT2D eigenvalue weighted by Crippen LogP contribution is -2.29. The fourth-order valence-corrected chi connectivity index (χ4v) is 5.70. The molecule has 3 aromatic carbocycles. The first-order chi connectivity index (χ1) is 16.6. The highest BCUT2D eigenvalue weighted by Crippen LogP contribution is 2.46. The molecule has 1 heterocycles. The van der Waals surface area contributed by atoms with Crippen molar-refractivity contribution in [1.29, 1.82) is 0 Å². The first-order valence-electron chi connectivity index (χ1n) is 12.1. The highest BCUT2D eigenvalue weighted by atomic mass is 16.3. The lowest BCUT2D eigenvalue weighted by molar-refractivity contribution is 0.0999. The molecule has 0 radical (unpaired) electrons. The summed E-state index contributed by atoms with van der Waals surface area (Å²) in [4.78, 5) is 27.4. The maximum atomic E-state index is 14.2. The Bertz CT molecular complexity index is 1450. The number of allylic oxidation sites excluding steroid dienone is 2. The van der Waals surface area contributed by atoms with Crippen molar-refractivity contribution < 1.29 is 14.0 Å². The third kappa shape index (κ3) is 4.51. The Labute approximate surface area is 206 Å². The number of Topliss-reactive ketones (excluding diaryl/α,β-unsaturated/α-hetero) is 1. The van der Waals surface area contributed by atoms with Crippen molar-refractivity contribution in [1.82, 2.24) is 0 Å². The summed E-state index contributed by atoms with van der Waals surface area (Å²) in [6, 6.07) is 24.3. The van der Waals surface area contributed by atoms with E-state index in [0.717, 1.165) is 17.6 Å². The van der Waals surface area contributed by atoms with Crippen LogP contribution in [0.5, 0.6) is 0 Å². The summed E-state index contributed by atoms with van der Waals surface area (Å²) in [5, 5.41) is 0.678.